The molecule has 0 radical (unpaired) electrons. The van der Waals surface area contributed by atoms with Gasteiger partial charge in [-0.25, -0.2) is 4.98 Å². The van der Waals surface area contributed by atoms with Gasteiger partial charge in [0.2, 0.25) is 11.8 Å². The summed E-state index contributed by atoms with van der Waals surface area (Å²) in [5.74, 6) is -0.249. The first-order valence-electron chi connectivity index (χ1n) is 9.68. The van der Waals surface area contributed by atoms with E-state index in [1.807, 2.05) is 44.2 Å². The zero-order chi connectivity index (χ0) is 19.9. The van der Waals surface area contributed by atoms with Gasteiger partial charge in [0.25, 0.3) is 0 Å². The quantitative estimate of drug-likeness (QED) is 0.736. The summed E-state index contributed by atoms with van der Waals surface area (Å²) in [5.41, 5.74) is 2.03. The van der Waals surface area contributed by atoms with Gasteiger partial charge in [-0.05, 0) is 38.7 Å². The molecule has 0 aliphatic carbocycles. The highest BCUT2D eigenvalue weighted by atomic mass is 32.1. The third kappa shape index (κ3) is 5.87. The van der Waals surface area contributed by atoms with E-state index in [4.69, 9.17) is 4.74 Å². The maximum absolute atomic E-state index is 12.8. The molecule has 6 nitrogen and oxygen atoms in total. The van der Waals surface area contributed by atoms with Crippen molar-refractivity contribution >= 4 is 28.3 Å². The first-order chi connectivity index (χ1) is 13.5. The van der Waals surface area contributed by atoms with Crippen LogP contribution in [0.5, 0.6) is 0 Å². The molecule has 0 spiro atoms. The van der Waals surface area contributed by atoms with Crippen molar-refractivity contribution in [2.75, 3.05) is 25.0 Å². The second-order valence-electron chi connectivity index (χ2n) is 7.10. The van der Waals surface area contributed by atoms with Crippen LogP contribution >= 0.6 is 11.3 Å². The lowest BCUT2D eigenvalue weighted by Crippen LogP contribution is -2.42. The first kappa shape index (κ1) is 20.5. The number of hydrogen-bond donors (Lipinski definition) is 1. The Morgan fingerprint density at radius 1 is 1.29 bits per heavy atom. The SMILES string of the molecule is Cc1nc(NC(=O)CN(C[C@H]2CCCO2)C(=O)CCc2ccccc2)sc1C. The number of carbonyl (C=O) groups is 2. The minimum atomic E-state index is -0.222. The monoisotopic (exact) mass is 401 g/mol. The fourth-order valence-electron chi connectivity index (χ4n) is 3.20. The van der Waals surface area contributed by atoms with Crippen molar-refractivity contribution in [3.8, 4) is 0 Å². The highest BCUT2D eigenvalue weighted by Gasteiger charge is 2.24. The number of hydrogen-bond acceptors (Lipinski definition) is 5. The Morgan fingerprint density at radius 2 is 2.07 bits per heavy atom. The zero-order valence-corrected chi connectivity index (χ0v) is 17.3. The Morgan fingerprint density at radius 3 is 2.71 bits per heavy atom. The third-order valence-corrected chi connectivity index (χ3v) is 5.87. The molecule has 7 heteroatoms. The molecule has 1 aliphatic rings. The van der Waals surface area contributed by atoms with E-state index in [1.54, 1.807) is 4.90 Å². The van der Waals surface area contributed by atoms with Gasteiger partial charge in [0.1, 0.15) is 6.54 Å². The van der Waals surface area contributed by atoms with E-state index in [0.29, 0.717) is 24.5 Å². The van der Waals surface area contributed by atoms with Crippen LogP contribution in [-0.2, 0) is 20.7 Å². The number of ether oxygens (including phenoxy) is 1. The molecule has 0 saturated carbocycles. The summed E-state index contributed by atoms with van der Waals surface area (Å²) in [5, 5.41) is 3.40. The standard InChI is InChI=1S/C21H27N3O3S/c1-15-16(2)28-21(22-15)23-19(25)14-24(13-18-9-6-12-27-18)20(26)11-10-17-7-4-3-5-8-17/h3-5,7-8,18H,6,9-14H2,1-2H3,(H,22,23,25)/t18-/m1/s1. The summed E-state index contributed by atoms with van der Waals surface area (Å²) in [6.07, 6.45) is 2.97. The van der Waals surface area contributed by atoms with Crippen molar-refractivity contribution in [2.24, 2.45) is 0 Å². The number of nitrogens with one attached hydrogen (secondary N) is 1. The van der Waals surface area contributed by atoms with Crippen LogP contribution < -0.4 is 5.32 Å². The molecule has 2 amide bonds. The molecule has 1 aromatic carbocycles. The molecule has 28 heavy (non-hydrogen) atoms. The highest BCUT2D eigenvalue weighted by molar-refractivity contribution is 7.15. The molecule has 1 aromatic heterocycles. The van der Waals surface area contributed by atoms with E-state index in [1.165, 1.54) is 11.3 Å². The molecule has 1 N–H and O–H groups in total. The van der Waals surface area contributed by atoms with Crippen molar-refractivity contribution in [1.29, 1.82) is 0 Å². The van der Waals surface area contributed by atoms with Gasteiger partial charge >= 0.3 is 0 Å². The van der Waals surface area contributed by atoms with Gasteiger partial charge in [-0.3, -0.25) is 9.59 Å². The van der Waals surface area contributed by atoms with Crippen molar-refractivity contribution in [3.63, 3.8) is 0 Å². The number of anilines is 1. The Labute approximate surface area is 169 Å². The Hall–Kier alpha value is -2.25. The maximum Gasteiger partial charge on any atom is 0.245 e. The van der Waals surface area contributed by atoms with Gasteiger partial charge in [0.05, 0.1) is 11.8 Å². The van der Waals surface area contributed by atoms with Crippen molar-refractivity contribution in [1.82, 2.24) is 9.88 Å². The Bertz CT molecular complexity index is 781. The lowest BCUT2D eigenvalue weighted by Gasteiger charge is -2.25. The summed E-state index contributed by atoms with van der Waals surface area (Å²) in [6.45, 7) is 5.08. The molecule has 0 bridgehead atoms. The van der Waals surface area contributed by atoms with Gasteiger partial charge in [-0.1, -0.05) is 30.3 Å². The second-order valence-corrected chi connectivity index (χ2v) is 8.31. The maximum atomic E-state index is 12.8. The number of nitrogens with zero attached hydrogens (tertiary/aromatic N) is 2. The van der Waals surface area contributed by atoms with Gasteiger partial charge in [0.15, 0.2) is 5.13 Å². The molecule has 1 fully saturated rings. The fourth-order valence-corrected chi connectivity index (χ4v) is 4.03. The summed E-state index contributed by atoms with van der Waals surface area (Å²) in [7, 11) is 0. The molecule has 0 unspecified atom stereocenters. The molecule has 1 saturated heterocycles. The van der Waals surface area contributed by atoms with E-state index >= 15 is 0 Å². The van der Waals surface area contributed by atoms with Crippen LogP contribution in [0.25, 0.3) is 0 Å². The number of amides is 2. The van der Waals surface area contributed by atoms with E-state index in [0.717, 1.165) is 35.6 Å². The van der Waals surface area contributed by atoms with Crippen LogP contribution in [0.3, 0.4) is 0 Å². The first-order valence-corrected chi connectivity index (χ1v) is 10.5. The second kappa shape index (κ2) is 9.80. The van der Waals surface area contributed by atoms with Gasteiger partial charge in [0, 0.05) is 24.4 Å². The molecular formula is C21H27N3O3S. The van der Waals surface area contributed by atoms with Crippen LogP contribution in [0, 0.1) is 13.8 Å². The number of thiazole rings is 1. The number of aromatic nitrogens is 1. The third-order valence-electron chi connectivity index (χ3n) is 4.88. The molecule has 1 atom stereocenters. The lowest BCUT2D eigenvalue weighted by molar-refractivity contribution is -0.136. The number of rotatable bonds is 8. The zero-order valence-electron chi connectivity index (χ0n) is 16.4. The van der Waals surface area contributed by atoms with Crippen LogP contribution in [0.1, 0.15) is 35.4 Å². The fraction of sp³-hybridized carbons (Fsp3) is 0.476. The minimum absolute atomic E-state index is 0.0119. The van der Waals surface area contributed by atoms with Crippen LogP contribution in [0.2, 0.25) is 0 Å². The Balaban J connectivity index is 1.59. The van der Waals surface area contributed by atoms with Crippen molar-refractivity contribution in [2.45, 2.75) is 45.6 Å². The Kier molecular flexibility index (Phi) is 7.17. The van der Waals surface area contributed by atoms with Crippen molar-refractivity contribution in [3.05, 3.63) is 46.5 Å². The lowest BCUT2D eigenvalue weighted by atomic mass is 10.1. The molecule has 2 heterocycles. The molecule has 2 aromatic rings. The molecule has 150 valence electrons. The van der Waals surface area contributed by atoms with Crippen molar-refractivity contribution < 1.29 is 14.3 Å². The van der Waals surface area contributed by atoms with Gasteiger partial charge in [-0.2, -0.15) is 0 Å². The summed E-state index contributed by atoms with van der Waals surface area (Å²) in [4.78, 5) is 32.4. The average Bonchev–Trinajstić information content (AvgIpc) is 3.29. The smallest absolute Gasteiger partial charge is 0.245 e. The largest absolute Gasteiger partial charge is 0.376 e. The highest BCUT2D eigenvalue weighted by Crippen LogP contribution is 2.21. The van der Waals surface area contributed by atoms with E-state index in [9.17, 15) is 9.59 Å². The number of carbonyl (C=O) groups excluding carboxylic acids is 2. The van der Waals surface area contributed by atoms with E-state index in [2.05, 4.69) is 10.3 Å². The number of benzene rings is 1. The van der Waals surface area contributed by atoms with E-state index in [-0.39, 0.29) is 24.5 Å². The summed E-state index contributed by atoms with van der Waals surface area (Å²) in [6, 6.07) is 9.92. The predicted molar refractivity (Wildman–Crippen MR) is 111 cm³/mol. The van der Waals surface area contributed by atoms with E-state index < -0.39 is 0 Å². The van der Waals surface area contributed by atoms with Crippen LogP contribution in [0.4, 0.5) is 5.13 Å². The summed E-state index contributed by atoms with van der Waals surface area (Å²) >= 11 is 1.45. The average molecular weight is 402 g/mol. The minimum Gasteiger partial charge on any atom is -0.376 e. The van der Waals surface area contributed by atoms with Gasteiger partial charge in [-0.15, -0.1) is 11.3 Å². The molecular weight excluding hydrogens is 374 g/mol. The summed E-state index contributed by atoms with van der Waals surface area (Å²) < 4.78 is 5.68. The number of aryl methyl sites for hydroxylation is 3. The topological polar surface area (TPSA) is 71.5 Å². The van der Waals surface area contributed by atoms with Crippen LogP contribution in [0.15, 0.2) is 30.3 Å². The predicted octanol–water partition coefficient (Wildman–Crippen LogP) is 3.34. The normalized spacial score (nSPS) is 16.1. The van der Waals surface area contributed by atoms with Crippen LogP contribution in [-0.4, -0.2) is 47.5 Å². The molecule has 3 rings (SSSR count). The molecule has 1 aliphatic heterocycles. The van der Waals surface area contributed by atoms with Gasteiger partial charge < -0.3 is 15.0 Å².